The molecule has 0 aliphatic carbocycles. The Hall–Kier alpha value is -1.97. The molecule has 4 nitrogen and oxygen atoms in total. The number of ether oxygens (including phenoxy) is 1. The van der Waals surface area contributed by atoms with E-state index in [0.29, 0.717) is 6.61 Å². The summed E-state index contributed by atoms with van der Waals surface area (Å²) >= 11 is 0. The first-order valence-electron chi connectivity index (χ1n) is 7.24. The quantitative estimate of drug-likeness (QED) is 0.748. The second-order valence-electron chi connectivity index (χ2n) is 4.89. The first-order chi connectivity index (χ1) is 9.79. The molecule has 0 aliphatic heterocycles. The summed E-state index contributed by atoms with van der Waals surface area (Å²) < 4.78 is 7.86. The molecule has 0 aliphatic rings. The second-order valence-corrected chi connectivity index (χ2v) is 4.89. The molecule has 108 valence electrons. The first-order valence-corrected chi connectivity index (χ1v) is 7.24. The van der Waals surface area contributed by atoms with Crippen molar-refractivity contribution in [3.05, 3.63) is 42.2 Å². The van der Waals surface area contributed by atoms with Crippen molar-refractivity contribution >= 4 is 5.95 Å². The number of anilines is 1. The molecule has 1 aromatic heterocycles. The van der Waals surface area contributed by atoms with Crippen molar-refractivity contribution in [3.63, 3.8) is 0 Å². The normalized spacial score (nSPS) is 10.5. The molecule has 0 spiro atoms. The molecule has 0 unspecified atom stereocenters. The van der Waals surface area contributed by atoms with E-state index in [1.54, 1.807) is 0 Å². The van der Waals surface area contributed by atoms with Crippen LogP contribution >= 0.6 is 0 Å². The van der Waals surface area contributed by atoms with Gasteiger partial charge in [0.1, 0.15) is 12.4 Å². The van der Waals surface area contributed by atoms with Crippen LogP contribution in [-0.2, 0) is 6.54 Å². The molecular formula is C16H23N3O. The zero-order chi connectivity index (χ0) is 14.2. The van der Waals surface area contributed by atoms with Crippen molar-refractivity contribution < 1.29 is 4.74 Å². The van der Waals surface area contributed by atoms with Crippen LogP contribution in [0.3, 0.4) is 0 Å². The van der Waals surface area contributed by atoms with E-state index in [0.717, 1.165) is 24.8 Å². The standard InChI is InChI=1S/C16H23N3O/c1-3-4-10-19-11-8-17-16(19)18-9-12-20-15-7-5-6-14(2)13-15/h5-8,11,13H,3-4,9-10,12H2,1-2H3,(H,17,18). The van der Waals surface area contributed by atoms with Crippen LogP contribution in [0, 0.1) is 6.92 Å². The Morgan fingerprint density at radius 2 is 2.25 bits per heavy atom. The molecule has 2 aromatic rings. The zero-order valence-corrected chi connectivity index (χ0v) is 12.3. The highest BCUT2D eigenvalue weighted by molar-refractivity contribution is 5.28. The lowest BCUT2D eigenvalue weighted by Crippen LogP contribution is -2.15. The first kappa shape index (κ1) is 14.4. The minimum absolute atomic E-state index is 0.629. The molecule has 0 bridgehead atoms. The fraction of sp³-hybridized carbons (Fsp3) is 0.438. The molecule has 4 heteroatoms. The number of nitrogens with one attached hydrogen (secondary N) is 1. The lowest BCUT2D eigenvalue weighted by Gasteiger charge is -2.10. The summed E-state index contributed by atoms with van der Waals surface area (Å²) in [7, 11) is 0. The number of aryl methyl sites for hydroxylation is 2. The molecule has 0 saturated heterocycles. The molecule has 0 radical (unpaired) electrons. The molecule has 1 N–H and O–H groups in total. The summed E-state index contributed by atoms with van der Waals surface area (Å²) in [6.07, 6.45) is 6.21. The van der Waals surface area contributed by atoms with Gasteiger partial charge in [0.25, 0.3) is 0 Å². The smallest absolute Gasteiger partial charge is 0.202 e. The second kappa shape index (κ2) is 7.58. The van der Waals surface area contributed by atoms with Crippen molar-refractivity contribution in [3.8, 4) is 5.75 Å². The van der Waals surface area contributed by atoms with E-state index in [1.807, 2.05) is 30.6 Å². The van der Waals surface area contributed by atoms with E-state index >= 15 is 0 Å². The van der Waals surface area contributed by atoms with E-state index < -0.39 is 0 Å². The van der Waals surface area contributed by atoms with Gasteiger partial charge in [0.05, 0.1) is 6.54 Å². The fourth-order valence-corrected chi connectivity index (χ4v) is 2.02. The van der Waals surface area contributed by atoms with Crippen LogP contribution in [0.5, 0.6) is 5.75 Å². The highest BCUT2D eigenvalue weighted by atomic mass is 16.5. The summed E-state index contributed by atoms with van der Waals surface area (Å²) in [5, 5.41) is 3.31. The minimum Gasteiger partial charge on any atom is -0.492 e. The number of benzene rings is 1. The van der Waals surface area contributed by atoms with Gasteiger partial charge in [-0.05, 0) is 31.0 Å². The lowest BCUT2D eigenvalue weighted by atomic mass is 10.2. The predicted octanol–water partition coefficient (Wildman–Crippen LogP) is 3.48. The van der Waals surface area contributed by atoms with Gasteiger partial charge in [0.15, 0.2) is 0 Å². The lowest BCUT2D eigenvalue weighted by molar-refractivity contribution is 0.332. The molecule has 0 atom stereocenters. The largest absolute Gasteiger partial charge is 0.492 e. The Morgan fingerprint density at radius 1 is 1.35 bits per heavy atom. The summed E-state index contributed by atoms with van der Waals surface area (Å²) in [4.78, 5) is 4.32. The van der Waals surface area contributed by atoms with Crippen molar-refractivity contribution in [2.45, 2.75) is 33.2 Å². The third-order valence-corrected chi connectivity index (χ3v) is 3.11. The van der Waals surface area contributed by atoms with E-state index in [2.05, 4.69) is 34.8 Å². The average molecular weight is 273 g/mol. The number of rotatable bonds is 8. The highest BCUT2D eigenvalue weighted by Gasteiger charge is 2.01. The predicted molar refractivity (Wildman–Crippen MR) is 82.3 cm³/mol. The number of hydrogen-bond acceptors (Lipinski definition) is 3. The number of aromatic nitrogens is 2. The van der Waals surface area contributed by atoms with Crippen molar-refractivity contribution in [2.75, 3.05) is 18.5 Å². The SMILES string of the molecule is CCCCn1ccnc1NCCOc1cccc(C)c1. The Kier molecular flexibility index (Phi) is 5.47. The van der Waals surface area contributed by atoms with E-state index in [9.17, 15) is 0 Å². The minimum atomic E-state index is 0.629. The van der Waals surface area contributed by atoms with Gasteiger partial charge >= 0.3 is 0 Å². The monoisotopic (exact) mass is 273 g/mol. The Morgan fingerprint density at radius 3 is 3.05 bits per heavy atom. The molecule has 0 fully saturated rings. The number of imidazole rings is 1. The van der Waals surface area contributed by atoms with Gasteiger partial charge in [-0.25, -0.2) is 4.98 Å². The molecule has 20 heavy (non-hydrogen) atoms. The van der Waals surface area contributed by atoms with E-state index in [1.165, 1.54) is 18.4 Å². The van der Waals surface area contributed by atoms with Crippen molar-refractivity contribution in [2.24, 2.45) is 0 Å². The topological polar surface area (TPSA) is 39.1 Å². The number of hydrogen-bond donors (Lipinski definition) is 1. The van der Waals surface area contributed by atoms with Gasteiger partial charge in [-0.3, -0.25) is 0 Å². The van der Waals surface area contributed by atoms with Crippen molar-refractivity contribution in [1.82, 2.24) is 9.55 Å². The third-order valence-electron chi connectivity index (χ3n) is 3.11. The van der Waals surface area contributed by atoms with Gasteiger partial charge < -0.3 is 14.6 Å². The third kappa shape index (κ3) is 4.30. The average Bonchev–Trinajstić information content (AvgIpc) is 2.89. The summed E-state index contributed by atoms with van der Waals surface area (Å²) in [6.45, 7) is 6.65. The Bertz CT molecular complexity index is 522. The van der Waals surface area contributed by atoms with Crippen LogP contribution in [-0.4, -0.2) is 22.7 Å². The zero-order valence-electron chi connectivity index (χ0n) is 12.3. The molecule has 2 rings (SSSR count). The van der Waals surface area contributed by atoms with Crippen LogP contribution in [0.15, 0.2) is 36.7 Å². The van der Waals surface area contributed by atoms with E-state index in [-0.39, 0.29) is 0 Å². The molecule has 0 saturated carbocycles. The van der Waals surface area contributed by atoms with Crippen LogP contribution in [0.2, 0.25) is 0 Å². The van der Waals surface area contributed by atoms with Gasteiger partial charge in [0, 0.05) is 18.9 Å². The highest BCUT2D eigenvalue weighted by Crippen LogP contribution is 2.12. The Labute approximate surface area is 120 Å². The van der Waals surface area contributed by atoms with Gasteiger partial charge in [-0.2, -0.15) is 0 Å². The molecule has 1 aromatic carbocycles. The van der Waals surface area contributed by atoms with Crippen LogP contribution in [0.1, 0.15) is 25.3 Å². The molecular weight excluding hydrogens is 250 g/mol. The number of unbranched alkanes of at least 4 members (excludes halogenated alkanes) is 1. The summed E-state index contributed by atoms with van der Waals surface area (Å²) in [5.41, 5.74) is 1.21. The van der Waals surface area contributed by atoms with Crippen LogP contribution in [0.4, 0.5) is 5.95 Å². The maximum absolute atomic E-state index is 5.71. The van der Waals surface area contributed by atoms with Gasteiger partial charge in [-0.1, -0.05) is 25.5 Å². The maximum Gasteiger partial charge on any atom is 0.202 e. The summed E-state index contributed by atoms with van der Waals surface area (Å²) in [6, 6.07) is 8.10. The van der Waals surface area contributed by atoms with E-state index in [4.69, 9.17) is 4.74 Å². The van der Waals surface area contributed by atoms with Gasteiger partial charge in [-0.15, -0.1) is 0 Å². The molecule has 0 amide bonds. The number of nitrogens with zero attached hydrogens (tertiary/aromatic N) is 2. The van der Waals surface area contributed by atoms with Gasteiger partial charge in [0.2, 0.25) is 5.95 Å². The molecule has 1 heterocycles. The Balaban J connectivity index is 1.74. The van der Waals surface area contributed by atoms with Crippen molar-refractivity contribution in [1.29, 1.82) is 0 Å². The van der Waals surface area contributed by atoms with Crippen LogP contribution < -0.4 is 10.1 Å². The fourth-order valence-electron chi connectivity index (χ4n) is 2.02. The van der Waals surface area contributed by atoms with Crippen LogP contribution in [0.25, 0.3) is 0 Å². The summed E-state index contributed by atoms with van der Waals surface area (Å²) in [5.74, 6) is 1.84. The maximum atomic E-state index is 5.71.